The number of likely N-dealkylation sites (N-methyl/N-ethyl adjacent to an activating group) is 1. The maximum Gasteiger partial charge on any atom is 0.353 e. The van der Waals surface area contributed by atoms with Crippen LogP contribution in [0.15, 0.2) is 24.3 Å². The zero-order valence-electron chi connectivity index (χ0n) is 13.1. The molecular weight excluding hydrogens is 298 g/mol. The second-order valence-electron chi connectivity index (χ2n) is 5.63. The quantitative estimate of drug-likeness (QED) is 0.875. The van der Waals surface area contributed by atoms with Gasteiger partial charge in [0.15, 0.2) is 11.5 Å². The lowest BCUT2D eigenvalue weighted by atomic mass is 10.1. The highest BCUT2D eigenvalue weighted by Gasteiger charge is 2.22. The Bertz CT molecular complexity index is 713. The van der Waals surface area contributed by atoms with Gasteiger partial charge in [-0.05, 0) is 37.7 Å². The van der Waals surface area contributed by atoms with Crippen LogP contribution in [-0.4, -0.2) is 59.5 Å². The number of carboxylic acid groups (broad SMARTS) is 1. The molecule has 1 fully saturated rings. The van der Waals surface area contributed by atoms with Crippen molar-refractivity contribution < 1.29 is 19.4 Å². The molecule has 0 aliphatic carbocycles. The van der Waals surface area contributed by atoms with E-state index in [0.717, 1.165) is 25.1 Å². The number of nitrogens with zero attached hydrogens (tertiary/aromatic N) is 2. The van der Waals surface area contributed by atoms with E-state index in [4.69, 9.17) is 14.6 Å². The molecule has 3 rings (SSSR count). The summed E-state index contributed by atoms with van der Waals surface area (Å²) < 4.78 is 11.4. The van der Waals surface area contributed by atoms with Gasteiger partial charge in [-0.3, -0.25) is 5.10 Å². The average molecular weight is 317 g/mol. The van der Waals surface area contributed by atoms with Crippen molar-refractivity contribution in [2.75, 3.05) is 27.2 Å². The van der Waals surface area contributed by atoms with E-state index < -0.39 is 5.97 Å². The molecule has 7 nitrogen and oxygen atoms in total. The predicted octanol–water partition coefficient (Wildman–Crippen LogP) is 1.87. The standard InChI is InChI=1S/C16H19N3O4/c1-19-6-5-11(9-19)23-15-7-10(3-4-14(15)22-2)12-8-13(16(20)21)18-17-12/h3-4,7-8,11H,5-6,9H2,1-2H3,(H,17,18)(H,20,21). The summed E-state index contributed by atoms with van der Waals surface area (Å²) >= 11 is 0. The van der Waals surface area contributed by atoms with Crippen molar-refractivity contribution in [1.29, 1.82) is 0 Å². The molecule has 0 amide bonds. The molecule has 23 heavy (non-hydrogen) atoms. The number of carbonyl (C=O) groups is 1. The topological polar surface area (TPSA) is 87.7 Å². The van der Waals surface area contributed by atoms with E-state index in [1.165, 1.54) is 6.07 Å². The van der Waals surface area contributed by atoms with Gasteiger partial charge in [-0.2, -0.15) is 5.10 Å². The Morgan fingerprint density at radius 3 is 2.83 bits per heavy atom. The van der Waals surface area contributed by atoms with Crippen LogP contribution < -0.4 is 9.47 Å². The fourth-order valence-electron chi connectivity index (χ4n) is 2.68. The lowest BCUT2D eigenvalue weighted by Gasteiger charge is -2.17. The number of carboxylic acids is 1. The largest absolute Gasteiger partial charge is 0.493 e. The van der Waals surface area contributed by atoms with Crippen LogP contribution in [0.1, 0.15) is 16.9 Å². The van der Waals surface area contributed by atoms with Crippen LogP contribution in [0.2, 0.25) is 0 Å². The van der Waals surface area contributed by atoms with Crippen molar-refractivity contribution in [2.45, 2.75) is 12.5 Å². The van der Waals surface area contributed by atoms with Crippen LogP contribution in [0.25, 0.3) is 11.3 Å². The number of hydrogen-bond acceptors (Lipinski definition) is 5. The summed E-state index contributed by atoms with van der Waals surface area (Å²) in [5.74, 6) is 0.255. The first-order chi connectivity index (χ1) is 11.1. The van der Waals surface area contributed by atoms with Gasteiger partial charge in [-0.15, -0.1) is 0 Å². The van der Waals surface area contributed by atoms with Crippen LogP contribution in [0.5, 0.6) is 11.5 Å². The third-order valence-electron chi connectivity index (χ3n) is 3.91. The minimum absolute atomic E-state index is 0.0516. The van der Waals surface area contributed by atoms with E-state index >= 15 is 0 Å². The zero-order valence-corrected chi connectivity index (χ0v) is 13.1. The number of methoxy groups -OCH3 is 1. The number of benzene rings is 1. The average Bonchev–Trinajstić information content (AvgIpc) is 3.16. The molecule has 1 unspecified atom stereocenters. The number of likely N-dealkylation sites (tertiary alicyclic amines) is 1. The first kappa shape index (κ1) is 15.4. The molecule has 1 atom stereocenters. The number of hydrogen-bond donors (Lipinski definition) is 2. The number of aromatic amines is 1. The summed E-state index contributed by atoms with van der Waals surface area (Å²) in [7, 11) is 3.66. The molecule has 1 aromatic heterocycles. The van der Waals surface area contributed by atoms with E-state index in [0.29, 0.717) is 17.2 Å². The molecule has 0 radical (unpaired) electrons. The van der Waals surface area contributed by atoms with Crippen LogP contribution in [0, 0.1) is 0 Å². The summed E-state index contributed by atoms with van der Waals surface area (Å²) in [5, 5.41) is 15.5. The molecule has 122 valence electrons. The first-order valence-electron chi connectivity index (χ1n) is 7.39. The molecule has 7 heteroatoms. The van der Waals surface area contributed by atoms with Crippen LogP contribution in [0.3, 0.4) is 0 Å². The van der Waals surface area contributed by atoms with Crippen molar-refractivity contribution in [2.24, 2.45) is 0 Å². The molecule has 0 bridgehead atoms. The molecule has 1 aliphatic rings. The molecule has 2 heterocycles. The molecular formula is C16H19N3O4. The normalized spacial score (nSPS) is 18.1. The fraction of sp³-hybridized carbons (Fsp3) is 0.375. The SMILES string of the molecule is COc1ccc(-c2cc(C(=O)O)[nH]n2)cc1OC1CCN(C)C1. The number of rotatable bonds is 5. The fourth-order valence-corrected chi connectivity index (χ4v) is 2.68. The van der Waals surface area contributed by atoms with Crippen LogP contribution in [-0.2, 0) is 0 Å². The second kappa shape index (κ2) is 6.29. The van der Waals surface area contributed by atoms with Gasteiger partial charge in [0.05, 0.1) is 12.8 Å². The number of nitrogens with one attached hydrogen (secondary N) is 1. The number of H-pyrrole nitrogens is 1. The lowest BCUT2D eigenvalue weighted by molar-refractivity contribution is 0.0690. The highest BCUT2D eigenvalue weighted by atomic mass is 16.5. The van der Waals surface area contributed by atoms with E-state index in [1.807, 2.05) is 12.1 Å². The van der Waals surface area contributed by atoms with Crippen molar-refractivity contribution in [3.63, 3.8) is 0 Å². The van der Waals surface area contributed by atoms with Gasteiger partial charge in [0.1, 0.15) is 11.8 Å². The van der Waals surface area contributed by atoms with Crippen LogP contribution >= 0.6 is 0 Å². The first-order valence-corrected chi connectivity index (χ1v) is 7.39. The van der Waals surface area contributed by atoms with Crippen LogP contribution in [0.4, 0.5) is 0 Å². The van der Waals surface area contributed by atoms with E-state index in [-0.39, 0.29) is 11.8 Å². The molecule has 1 aromatic carbocycles. The minimum atomic E-state index is -1.04. The number of aromatic carboxylic acids is 1. The molecule has 0 saturated carbocycles. The highest BCUT2D eigenvalue weighted by molar-refractivity contribution is 5.86. The number of ether oxygens (including phenoxy) is 2. The molecule has 0 spiro atoms. The van der Waals surface area contributed by atoms with E-state index in [2.05, 4.69) is 22.1 Å². The monoisotopic (exact) mass is 317 g/mol. The lowest BCUT2D eigenvalue weighted by Crippen LogP contribution is -2.21. The number of aromatic nitrogens is 2. The Kier molecular flexibility index (Phi) is 4.20. The van der Waals surface area contributed by atoms with Gasteiger partial charge in [-0.1, -0.05) is 0 Å². The van der Waals surface area contributed by atoms with Gasteiger partial charge < -0.3 is 19.5 Å². The van der Waals surface area contributed by atoms with Crippen molar-refractivity contribution in [1.82, 2.24) is 15.1 Å². The van der Waals surface area contributed by atoms with Crippen molar-refractivity contribution >= 4 is 5.97 Å². The molecule has 2 N–H and O–H groups in total. The van der Waals surface area contributed by atoms with E-state index in [1.54, 1.807) is 13.2 Å². The summed E-state index contributed by atoms with van der Waals surface area (Å²) in [4.78, 5) is 13.2. The summed E-state index contributed by atoms with van der Waals surface area (Å²) in [6.45, 7) is 1.88. The maximum atomic E-state index is 11.0. The van der Waals surface area contributed by atoms with Gasteiger partial charge in [-0.25, -0.2) is 4.79 Å². The molecule has 2 aromatic rings. The van der Waals surface area contributed by atoms with Gasteiger partial charge in [0, 0.05) is 18.7 Å². The Morgan fingerprint density at radius 1 is 1.39 bits per heavy atom. The highest BCUT2D eigenvalue weighted by Crippen LogP contribution is 2.33. The second-order valence-corrected chi connectivity index (χ2v) is 5.63. The Morgan fingerprint density at radius 2 is 2.22 bits per heavy atom. The minimum Gasteiger partial charge on any atom is -0.493 e. The summed E-state index contributed by atoms with van der Waals surface area (Å²) in [5.41, 5.74) is 1.38. The van der Waals surface area contributed by atoms with Crippen molar-refractivity contribution in [3.05, 3.63) is 30.0 Å². The smallest absolute Gasteiger partial charge is 0.353 e. The molecule has 1 saturated heterocycles. The maximum absolute atomic E-state index is 11.0. The van der Waals surface area contributed by atoms with E-state index in [9.17, 15) is 4.79 Å². The Hall–Kier alpha value is -2.54. The molecule has 1 aliphatic heterocycles. The van der Waals surface area contributed by atoms with Gasteiger partial charge in [0.2, 0.25) is 0 Å². The summed E-state index contributed by atoms with van der Waals surface area (Å²) in [6, 6.07) is 6.96. The third kappa shape index (κ3) is 3.29. The summed E-state index contributed by atoms with van der Waals surface area (Å²) in [6.07, 6.45) is 1.09. The zero-order chi connectivity index (χ0) is 16.4. The third-order valence-corrected chi connectivity index (χ3v) is 3.91. The Balaban J connectivity index is 1.87. The van der Waals surface area contributed by atoms with Gasteiger partial charge >= 0.3 is 5.97 Å². The van der Waals surface area contributed by atoms with Crippen molar-refractivity contribution in [3.8, 4) is 22.8 Å². The predicted molar refractivity (Wildman–Crippen MR) is 84.1 cm³/mol. The van der Waals surface area contributed by atoms with Gasteiger partial charge in [0.25, 0.3) is 0 Å². The Labute approximate surface area is 133 Å².